The van der Waals surface area contributed by atoms with Gasteiger partial charge < -0.3 is 5.32 Å². The minimum atomic E-state index is -1.60. The maximum Gasteiger partial charge on any atom is 0.254 e. The van der Waals surface area contributed by atoms with E-state index in [0.29, 0.717) is 10.6 Å². The predicted octanol–water partition coefficient (Wildman–Crippen LogP) is 4.25. The normalized spacial score (nSPS) is 18.3. The molecule has 2 rings (SSSR count). The monoisotopic (exact) mass is 368 g/mol. The van der Waals surface area contributed by atoms with Crippen LogP contribution < -0.4 is 5.32 Å². The lowest BCUT2D eigenvalue weighted by Gasteiger charge is -2.38. The zero-order chi connectivity index (χ0) is 15.5. The molecule has 21 heavy (non-hydrogen) atoms. The van der Waals surface area contributed by atoms with Crippen LogP contribution in [0.2, 0.25) is 5.02 Å². The Bertz CT molecular complexity index is 498. The molecule has 1 aliphatic heterocycles. The summed E-state index contributed by atoms with van der Waals surface area (Å²) in [5, 5.41) is 3.16. The minimum Gasteiger partial charge on any atom is -0.332 e. The Kier molecular flexibility index (Phi) is 6.04. The number of halogens is 4. The van der Waals surface area contributed by atoms with Crippen LogP contribution in [0.5, 0.6) is 0 Å². The molecule has 116 valence electrons. The topological polar surface area (TPSA) is 32.3 Å². The number of benzene rings is 1. The van der Waals surface area contributed by atoms with Crippen LogP contribution in [0.25, 0.3) is 0 Å². The molecule has 0 aromatic heterocycles. The van der Waals surface area contributed by atoms with Gasteiger partial charge >= 0.3 is 0 Å². The first-order chi connectivity index (χ1) is 9.89. The van der Waals surface area contributed by atoms with Crippen molar-refractivity contribution in [3.8, 4) is 0 Å². The largest absolute Gasteiger partial charge is 0.332 e. The van der Waals surface area contributed by atoms with Gasteiger partial charge in [0.2, 0.25) is 3.79 Å². The molecule has 1 fully saturated rings. The van der Waals surface area contributed by atoms with Crippen molar-refractivity contribution in [2.75, 3.05) is 13.1 Å². The summed E-state index contributed by atoms with van der Waals surface area (Å²) in [5.74, 6) is -0.345. The lowest BCUT2D eigenvalue weighted by molar-refractivity contribution is 0.0819. The average molecular weight is 370 g/mol. The van der Waals surface area contributed by atoms with E-state index in [4.69, 9.17) is 46.4 Å². The fourth-order valence-electron chi connectivity index (χ4n) is 2.40. The van der Waals surface area contributed by atoms with Gasteiger partial charge in [0.05, 0.1) is 10.6 Å². The highest BCUT2D eigenvalue weighted by Crippen LogP contribution is 2.33. The summed E-state index contributed by atoms with van der Waals surface area (Å²) in [6.45, 7) is 1.59. The van der Waals surface area contributed by atoms with E-state index in [1.807, 2.05) is 4.90 Å². The van der Waals surface area contributed by atoms with Crippen molar-refractivity contribution in [1.29, 1.82) is 0 Å². The highest BCUT2D eigenvalue weighted by molar-refractivity contribution is 6.68. The third-order valence-electron chi connectivity index (χ3n) is 3.45. The second-order valence-electron chi connectivity index (χ2n) is 4.99. The standard InChI is InChI=1S/C14H16Cl4N2O/c15-11-7-3-2-6-10(11)12(21)19-13(14(16,17)18)20-8-4-1-5-9-20/h2-3,6-7,13H,1,4-5,8-9H2,(H,19,21)/t13-/m1/s1. The summed E-state index contributed by atoms with van der Waals surface area (Å²) < 4.78 is -1.60. The summed E-state index contributed by atoms with van der Waals surface area (Å²) in [6.07, 6.45) is 2.53. The van der Waals surface area contributed by atoms with E-state index in [9.17, 15) is 4.79 Å². The number of likely N-dealkylation sites (tertiary alicyclic amines) is 1. The Balaban J connectivity index is 2.15. The van der Waals surface area contributed by atoms with Gasteiger partial charge in [-0.1, -0.05) is 65.0 Å². The molecule has 1 saturated heterocycles. The van der Waals surface area contributed by atoms with Gasteiger partial charge in [-0.25, -0.2) is 0 Å². The lowest BCUT2D eigenvalue weighted by atomic mass is 10.1. The molecule has 0 saturated carbocycles. The first-order valence-corrected chi connectivity index (χ1v) is 8.27. The van der Waals surface area contributed by atoms with Gasteiger partial charge in [0.1, 0.15) is 6.17 Å². The third-order valence-corrected chi connectivity index (χ3v) is 4.40. The molecule has 0 bridgehead atoms. The van der Waals surface area contributed by atoms with Crippen LogP contribution in [0, 0.1) is 0 Å². The number of piperidine rings is 1. The fraction of sp³-hybridized carbons (Fsp3) is 0.500. The summed E-state index contributed by atoms with van der Waals surface area (Å²) in [6, 6.07) is 6.80. The van der Waals surface area contributed by atoms with Crippen molar-refractivity contribution in [2.45, 2.75) is 29.2 Å². The Morgan fingerprint density at radius 2 is 1.76 bits per heavy atom. The number of nitrogens with one attached hydrogen (secondary N) is 1. The summed E-state index contributed by atoms with van der Waals surface area (Å²) in [5.41, 5.74) is 0.371. The Morgan fingerprint density at radius 1 is 1.14 bits per heavy atom. The second kappa shape index (κ2) is 7.38. The SMILES string of the molecule is O=C(N[C@H](N1CCCCC1)C(Cl)(Cl)Cl)c1ccccc1Cl. The number of amides is 1. The molecule has 1 heterocycles. The summed E-state index contributed by atoms with van der Waals surface area (Å²) >= 11 is 24.2. The minimum absolute atomic E-state index is 0.345. The molecule has 0 spiro atoms. The molecule has 1 aliphatic rings. The molecular formula is C14H16Cl4N2O. The summed E-state index contributed by atoms with van der Waals surface area (Å²) in [4.78, 5) is 14.4. The van der Waals surface area contributed by atoms with Crippen molar-refractivity contribution >= 4 is 52.3 Å². The highest BCUT2D eigenvalue weighted by atomic mass is 35.6. The first kappa shape index (κ1) is 17.2. The number of nitrogens with zero attached hydrogens (tertiary/aromatic N) is 1. The van der Waals surface area contributed by atoms with Crippen LogP contribution in [-0.2, 0) is 0 Å². The van der Waals surface area contributed by atoms with Gasteiger partial charge in [0.15, 0.2) is 0 Å². The predicted molar refractivity (Wildman–Crippen MR) is 88.4 cm³/mol. The number of hydrogen-bond donors (Lipinski definition) is 1. The van der Waals surface area contributed by atoms with E-state index in [0.717, 1.165) is 32.4 Å². The van der Waals surface area contributed by atoms with Crippen molar-refractivity contribution in [2.24, 2.45) is 0 Å². The zero-order valence-electron chi connectivity index (χ0n) is 11.3. The van der Waals surface area contributed by atoms with Crippen molar-refractivity contribution < 1.29 is 4.79 Å². The molecule has 0 aliphatic carbocycles. The quantitative estimate of drug-likeness (QED) is 0.807. The number of alkyl halides is 3. The van der Waals surface area contributed by atoms with Crippen LogP contribution in [-0.4, -0.2) is 33.9 Å². The van der Waals surface area contributed by atoms with Crippen LogP contribution in [0.1, 0.15) is 29.6 Å². The number of rotatable bonds is 3. The van der Waals surface area contributed by atoms with E-state index in [1.54, 1.807) is 24.3 Å². The maximum atomic E-state index is 12.4. The average Bonchev–Trinajstić information content (AvgIpc) is 2.44. The molecule has 1 aromatic carbocycles. The van der Waals surface area contributed by atoms with Gasteiger partial charge in [-0.15, -0.1) is 0 Å². The van der Waals surface area contributed by atoms with Crippen LogP contribution in [0.3, 0.4) is 0 Å². The van der Waals surface area contributed by atoms with Crippen molar-refractivity contribution in [3.63, 3.8) is 0 Å². The Hall–Kier alpha value is -0.190. The van der Waals surface area contributed by atoms with Crippen LogP contribution in [0.4, 0.5) is 0 Å². The number of hydrogen-bond acceptors (Lipinski definition) is 2. The molecule has 1 atom stereocenters. The molecular weight excluding hydrogens is 354 g/mol. The van der Waals surface area contributed by atoms with Gasteiger partial charge in [0.25, 0.3) is 5.91 Å². The van der Waals surface area contributed by atoms with E-state index >= 15 is 0 Å². The van der Waals surface area contributed by atoms with Crippen molar-refractivity contribution in [3.05, 3.63) is 34.9 Å². The van der Waals surface area contributed by atoms with Gasteiger partial charge in [-0.05, 0) is 25.0 Å². The molecule has 7 heteroatoms. The lowest BCUT2D eigenvalue weighted by Crippen LogP contribution is -2.56. The van der Waals surface area contributed by atoms with E-state index in [-0.39, 0.29) is 5.91 Å². The number of carbonyl (C=O) groups excluding carboxylic acids is 1. The molecule has 1 aromatic rings. The number of carbonyl (C=O) groups is 1. The van der Waals surface area contributed by atoms with Crippen LogP contribution in [0.15, 0.2) is 24.3 Å². The van der Waals surface area contributed by atoms with Crippen molar-refractivity contribution in [1.82, 2.24) is 10.2 Å². The molecule has 1 amide bonds. The first-order valence-electron chi connectivity index (χ1n) is 6.76. The van der Waals surface area contributed by atoms with E-state index in [2.05, 4.69) is 5.32 Å². The Labute approximate surface area is 144 Å². The van der Waals surface area contributed by atoms with Gasteiger partial charge in [0, 0.05) is 13.1 Å². The molecule has 3 nitrogen and oxygen atoms in total. The van der Waals surface area contributed by atoms with Gasteiger partial charge in [-0.2, -0.15) is 0 Å². The van der Waals surface area contributed by atoms with E-state index < -0.39 is 9.96 Å². The maximum absolute atomic E-state index is 12.4. The molecule has 0 radical (unpaired) electrons. The smallest absolute Gasteiger partial charge is 0.254 e. The summed E-state index contributed by atoms with van der Waals surface area (Å²) in [7, 11) is 0. The van der Waals surface area contributed by atoms with Crippen LogP contribution >= 0.6 is 46.4 Å². The van der Waals surface area contributed by atoms with Gasteiger partial charge in [-0.3, -0.25) is 9.69 Å². The van der Waals surface area contributed by atoms with E-state index in [1.165, 1.54) is 0 Å². The highest BCUT2D eigenvalue weighted by Gasteiger charge is 2.39. The zero-order valence-corrected chi connectivity index (χ0v) is 14.3. The fourth-order valence-corrected chi connectivity index (χ4v) is 3.20. The molecule has 0 unspecified atom stereocenters. The second-order valence-corrected chi connectivity index (χ2v) is 7.77. The molecule has 1 N–H and O–H groups in total. The third kappa shape index (κ3) is 4.64. The Morgan fingerprint density at radius 3 is 2.33 bits per heavy atom.